The molecule has 0 aromatic carbocycles. The van der Waals surface area contributed by atoms with E-state index >= 15 is 0 Å². The number of nitrogens with zero attached hydrogens (tertiary/aromatic N) is 1. The van der Waals surface area contributed by atoms with Gasteiger partial charge in [0.25, 0.3) is 0 Å². The van der Waals surface area contributed by atoms with Crippen molar-refractivity contribution in [1.82, 2.24) is 0 Å². The van der Waals surface area contributed by atoms with Crippen LogP contribution in [0.4, 0.5) is 0 Å². The standard InChI is InChI=1S/C8H14N2O2/c1-5(2)12-8(11)6-3-4-7(9)10-6/h5-6H,3-4H2,1-2H3,(H2,9,10). The van der Waals surface area contributed by atoms with E-state index in [0.29, 0.717) is 18.7 Å². The van der Waals surface area contributed by atoms with E-state index in [9.17, 15) is 4.79 Å². The number of hydrogen-bond donors (Lipinski definition) is 1. The third kappa shape index (κ3) is 2.22. The number of nitrogens with two attached hydrogens (primary N) is 1. The van der Waals surface area contributed by atoms with Crippen LogP contribution in [0.2, 0.25) is 0 Å². The topological polar surface area (TPSA) is 64.7 Å². The van der Waals surface area contributed by atoms with Gasteiger partial charge >= 0.3 is 5.97 Å². The summed E-state index contributed by atoms with van der Waals surface area (Å²) < 4.78 is 4.98. The van der Waals surface area contributed by atoms with Gasteiger partial charge in [-0.15, -0.1) is 0 Å². The van der Waals surface area contributed by atoms with Crippen molar-refractivity contribution in [3.8, 4) is 0 Å². The summed E-state index contributed by atoms with van der Waals surface area (Å²) in [6, 6.07) is -0.354. The Kier molecular flexibility index (Phi) is 2.68. The summed E-state index contributed by atoms with van der Waals surface area (Å²) >= 11 is 0. The summed E-state index contributed by atoms with van der Waals surface area (Å²) in [7, 11) is 0. The second kappa shape index (κ2) is 3.56. The van der Waals surface area contributed by atoms with Crippen LogP contribution in [0, 0.1) is 0 Å². The molecule has 4 nitrogen and oxygen atoms in total. The molecular weight excluding hydrogens is 156 g/mol. The fraction of sp³-hybridized carbons (Fsp3) is 0.750. The molecule has 1 aliphatic heterocycles. The molecule has 1 heterocycles. The van der Waals surface area contributed by atoms with Gasteiger partial charge in [-0.3, -0.25) is 4.99 Å². The maximum Gasteiger partial charge on any atom is 0.331 e. The quantitative estimate of drug-likeness (QED) is 0.612. The number of rotatable bonds is 2. The summed E-state index contributed by atoms with van der Waals surface area (Å²) in [6.07, 6.45) is 1.32. The van der Waals surface area contributed by atoms with Gasteiger partial charge in [0.05, 0.1) is 11.9 Å². The van der Waals surface area contributed by atoms with Gasteiger partial charge < -0.3 is 10.5 Å². The number of carbonyl (C=O) groups is 1. The fourth-order valence-corrected chi connectivity index (χ4v) is 1.10. The molecule has 12 heavy (non-hydrogen) atoms. The van der Waals surface area contributed by atoms with Crippen LogP contribution in [-0.2, 0) is 9.53 Å². The lowest BCUT2D eigenvalue weighted by Gasteiger charge is -2.10. The van der Waals surface area contributed by atoms with E-state index < -0.39 is 0 Å². The van der Waals surface area contributed by atoms with E-state index in [0.717, 1.165) is 0 Å². The molecule has 1 atom stereocenters. The molecule has 0 bridgehead atoms. The minimum Gasteiger partial charge on any atom is -0.461 e. The molecule has 0 amide bonds. The van der Waals surface area contributed by atoms with Gasteiger partial charge in [0.15, 0.2) is 0 Å². The smallest absolute Gasteiger partial charge is 0.331 e. The third-order valence-corrected chi connectivity index (χ3v) is 1.62. The summed E-state index contributed by atoms with van der Waals surface area (Å²) in [4.78, 5) is 15.2. The lowest BCUT2D eigenvalue weighted by atomic mass is 10.2. The average Bonchev–Trinajstić information content (AvgIpc) is 2.34. The number of ether oxygens (including phenoxy) is 1. The van der Waals surface area contributed by atoms with Gasteiger partial charge in [-0.1, -0.05) is 0 Å². The van der Waals surface area contributed by atoms with Crippen molar-refractivity contribution in [3.05, 3.63) is 0 Å². The molecule has 1 rings (SSSR count). The van der Waals surface area contributed by atoms with Crippen molar-refractivity contribution in [1.29, 1.82) is 0 Å². The van der Waals surface area contributed by atoms with E-state index in [2.05, 4.69) is 4.99 Å². The Morgan fingerprint density at radius 1 is 1.75 bits per heavy atom. The van der Waals surface area contributed by atoms with E-state index in [-0.39, 0.29) is 18.1 Å². The van der Waals surface area contributed by atoms with Crippen LogP contribution >= 0.6 is 0 Å². The highest BCUT2D eigenvalue weighted by molar-refractivity contribution is 5.88. The highest BCUT2D eigenvalue weighted by atomic mass is 16.5. The normalized spacial score (nSPS) is 22.6. The Morgan fingerprint density at radius 2 is 2.42 bits per heavy atom. The molecule has 1 unspecified atom stereocenters. The van der Waals surface area contributed by atoms with Crippen molar-refractivity contribution in [2.24, 2.45) is 10.7 Å². The molecule has 0 saturated carbocycles. The first kappa shape index (κ1) is 9.03. The molecule has 0 radical (unpaired) electrons. The molecule has 0 fully saturated rings. The summed E-state index contributed by atoms with van der Waals surface area (Å²) in [5.41, 5.74) is 5.44. The molecule has 2 N–H and O–H groups in total. The van der Waals surface area contributed by atoms with Crippen molar-refractivity contribution in [3.63, 3.8) is 0 Å². The first-order valence-corrected chi connectivity index (χ1v) is 4.12. The molecule has 0 spiro atoms. The third-order valence-electron chi connectivity index (χ3n) is 1.62. The number of carbonyl (C=O) groups excluding carboxylic acids is 1. The van der Waals surface area contributed by atoms with Crippen LogP contribution in [-0.4, -0.2) is 24.0 Å². The zero-order chi connectivity index (χ0) is 9.14. The van der Waals surface area contributed by atoms with E-state index in [1.165, 1.54) is 0 Å². The van der Waals surface area contributed by atoms with Gasteiger partial charge in [-0.2, -0.15) is 0 Å². The SMILES string of the molecule is CC(C)OC(=O)C1CCC(N)=N1. The number of esters is 1. The minimum absolute atomic E-state index is 0.0745. The Hall–Kier alpha value is -1.06. The van der Waals surface area contributed by atoms with Gasteiger partial charge in [0.2, 0.25) is 0 Å². The van der Waals surface area contributed by atoms with E-state index in [1.54, 1.807) is 0 Å². The second-order valence-corrected chi connectivity index (χ2v) is 3.16. The summed E-state index contributed by atoms with van der Waals surface area (Å²) in [5.74, 6) is 0.297. The average molecular weight is 170 g/mol. The van der Waals surface area contributed by atoms with Crippen molar-refractivity contribution < 1.29 is 9.53 Å². The van der Waals surface area contributed by atoms with Crippen LogP contribution in [0.5, 0.6) is 0 Å². The van der Waals surface area contributed by atoms with Gasteiger partial charge in [0.1, 0.15) is 6.04 Å². The summed E-state index contributed by atoms with van der Waals surface area (Å²) in [5, 5.41) is 0. The maximum absolute atomic E-state index is 11.2. The lowest BCUT2D eigenvalue weighted by molar-refractivity contribution is -0.148. The molecule has 0 aromatic rings. The molecule has 1 aliphatic rings. The predicted octanol–water partition coefficient (Wildman–Crippen LogP) is 0.458. The molecule has 0 saturated heterocycles. The Balaban J connectivity index is 2.44. The minimum atomic E-state index is -0.354. The highest BCUT2D eigenvalue weighted by Crippen LogP contribution is 2.12. The first-order chi connectivity index (χ1) is 5.59. The number of aliphatic imine (C=N–C) groups is 1. The van der Waals surface area contributed by atoms with Gasteiger partial charge in [0, 0.05) is 6.42 Å². The number of hydrogen-bond acceptors (Lipinski definition) is 4. The number of amidine groups is 1. The Bertz CT molecular complexity index is 211. The van der Waals surface area contributed by atoms with Crippen LogP contribution in [0.3, 0.4) is 0 Å². The first-order valence-electron chi connectivity index (χ1n) is 4.12. The molecule has 0 aliphatic carbocycles. The highest BCUT2D eigenvalue weighted by Gasteiger charge is 2.24. The molecule has 0 aromatic heterocycles. The van der Waals surface area contributed by atoms with Gasteiger partial charge in [-0.25, -0.2) is 4.79 Å². The predicted molar refractivity (Wildman–Crippen MR) is 45.9 cm³/mol. The van der Waals surface area contributed by atoms with E-state index in [4.69, 9.17) is 10.5 Å². The zero-order valence-electron chi connectivity index (χ0n) is 7.41. The lowest BCUT2D eigenvalue weighted by Crippen LogP contribution is -2.22. The largest absolute Gasteiger partial charge is 0.461 e. The second-order valence-electron chi connectivity index (χ2n) is 3.16. The fourth-order valence-electron chi connectivity index (χ4n) is 1.10. The van der Waals surface area contributed by atoms with Crippen LogP contribution in [0.1, 0.15) is 26.7 Å². The Morgan fingerprint density at radius 3 is 2.83 bits per heavy atom. The van der Waals surface area contributed by atoms with Gasteiger partial charge in [-0.05, 0) is 20.3 Å². The van der Waals surface area contributed by atoms with Crippen LogP contribution in [0.25, 0.3) is 0 Å². The maximum atomic E-state index is 11.2. The molecule has 4 heteroatoms. The summed E-state index contributed by atoms with van der Waals surface area (Å²) in [6.45, 7) is 3.64. The van der Waals surface area contributed by atoms with Crippen LogP contribution in [0.15, 0.2) is 4.99 Å². The molecular formula is C8H14N2O2. The monoisotopic (exact) mass is 170 g/mol. The zero-order valence-corrected chi connectivity index (χ0v) is 7.41. The molecule has 68 valence electrons. The van der Waals surface area contributed by atoms with Crippen molar-refractivity contribution >= 4 is 11.8 Å². The van der Waals surface area contributed by atoms with E-state index in [1.807, 2.05) is 13.8 Å². The van der Waals surface area contributed by atoms with Crippen molar-refractivity contribution in [2.75, 3.05) is 0 Å². The van der Waals surface area contributed by atoms with Crippen LogP contribution < -0.4 is 5.73 Å². The Labute approximate surface area is 71.8 Å². The van der Waals surface area contributed by atoms with Crippen molar-refractivity contribution in [2.45, 2.75) is 38.8 Å².